The lowest BCUT2D eigenvalue weighted by Crippen LogP contribution is -1.81. The summed E-state index contributed by atoms with van der Waals surface area (Å²) in [5, 5.41) is 9.49. The molecule has 0 atom stereocenters. The topological polar surface area (TPSA) is 26.3 Å². The molecule has 0 aliphatic rings. The van der Waals surface area contributed by atoms with Crippen molar-refractivity contribution in [1.82, 2.24) is 0 Å². The summed E-state index contributed by atoms with van der Waals surface area (Å²) in [5.74, 6) is 1.80. The van der Waals surface area contributed by atoms with E-state index in [9.17, 15) is 0 Å². The summed E-state index contributed by atoms with van der Waals surface area (Å²) in [4.78, 5) is 0. The molecule has 0 aliphatic heterocycles. The molecule has 6 aromatic carbocycles. The van der Waals surface area contributed by atoms with E-state index in [1.807, 2.05) is 0 Å². The Morgan fingerprint density at radius 3 is 1.21 bits per heavy atom. The van der Waals surface area contributed by atoms with Crippen LogP contribution in [-0.2, 0) is 0 Å². The number of hydrogen-bond donors (Lipinski definition) is 0. The van der Waals surface area contributed by atoms with Gasteiger partial charge < -0.3 is 8.83 Å². The lowest BCUT2D eigenvalue weighted by atomic mass is 9.96. The average molecular weight is 489 g/mol. The summed E-state index contributed by atoms with van der Waals surface area (Å²) < 4.78 is 12.7. The molecule has 0 radical (unpaired) electrons. The van der Waals surface area contributed by atoms with Crippen molar-refractivity contribution in [3.63, 3.8) is 0 Å². The maximum Gasteiger partial charge on any atom is 0.135 e. The molecule has 2 aromatic heterocycles. The van der Waals surface area contributed by atoms with Gasteiger partial charge in [-0.3, -0.25) is 0 Å². The highest BCUT2D eigenvalue weighted by Gasteiger charge is 2.13. The molecule has 2 heteroatoms. The number of aryl methyl sites for hydroxylation is 2. The first kappa shape index (κ1) is 21.3. The molecule has 0 saturated carbocycles. The van der Waals surface area contributed by atoms with E-state index in [1.165, 1.54) is 43.4 Å². The lowest BCUT2D eigenvalue weighted by Gasteiger charge is -2.08. The van der Waals surface area contributed by atoms with Gasteiger partial charge >= 0.3 is 0 Å². The first-order valence-electron chi connectivity index (χ1n) is 13.0. The van der Waals surface area contributed by atoms with E-state index in [0.717, 1.165) is 44.6 Å². The summed E-state index contributed by atoms with van der Waals surface area (Å²) in [6.07, 6.45) is 0. The smallest absolute Gasteiger partial charge is 0.135 e. The quantitative estimate of drug-likeness (QED) is 0.226. The lowest BCUT2D eigenvalue weighted by molar-refractivity contribution is 0.631. The van der Waals surface area contributed by atoms with Gasteiger partial charge in [0.25, 0.3) is 0 Å². The van der Waals surface area contributed by atoms with E-state index in [2.05, 4.69) is 123 Å². The standard InChI is InChI=1S/C36H24O2/c1-21-3-7-23(8-4-21)33-17-27-15-25-11-13-30-29(31(25)19-35(27)37-33)14-12-26-16-28-18-34(38-36(28)20-32(26)30)24-9-5-22(2)6-10-24/h3-20H,1-2H3. The Hall–Kier alpha value is -4.82. The zero-order chi connectivity index (χ0) is 25.4. The first-order valence-corrected chi connectivity index (χ1v) is 13.0. The Kier molecular flexibility index (Phi) is 4.39. The van der Waals surface area contributed by atoms with E-state index >= 15 is 0 Å². The molecule has 8 aromatic rings. The van der Waals surface area contributed by atoms with Crippen LogP contribution >= 0.6 is 0 Å². The van der Waals surface area contributed by atoms with Gasteiger partial charge in [-0.15, -0.1) is 0 Å². The molecule has 2 heterocycles. The van der Waals surface area contributed by atoms with Crippen molar-refractivity contribution < 1.29 is 8.83 Å². The molecule has 0 aliphatic carbocycles. The van der Waals surface area contributed by atoms with Gasteiger partial charge in [-0.25, -0.2) is 0 Å². The van der Waals surface area contributed by atoms with Crippen molar-refractivity contribution in [1.29, 1.82) is 0 Å². The second kappa shape index (κ2) is 7.84. The Morgan fingerprint density at radius 2 is 0.789 bits per heavy atom. The van der Waals surface area contributed by atoms with Crippen LogP contribution in [0.25, 0.3) is 76.9 Å². The average Bonchev–Trinajstić information content (AvgIpc) is 3.54. The van der Waals surface area contributed by atoms with E-state index in [1.54, 1.807) is 0 Å². The molecule has 0 N–H and O–H groups in total. The van der Waals surface area contributed by atoms with E-state index < -0.39 is 0 Å². The molecule has 0 bridgehead atoms. The predicted octanol–water partition coefficient (Wildman–Crippen LogP) is 10.6. The van der Waals surface area contributed by atoms with Crippen molar-refractivity contribution >= 4 is 54.3 Å². The van der Waals surface area contributed by atoms with Gasteiger partial charge in [0.1, 0.15) is 22.7 Å². The van der Waals surface area contributed by atoms with Crippen LogP contribution in [0.2, 0.25) is 0 Å². The molecule has 38 heavy (non-hydrogen) atoms. The van der Waals surface area contributed by atoms with Gasteiger partial charge in [0.15, 0.2) is 0 Å². The molecule has 8 rings (SSSR count). The largest absolute Gasteiger partial charge is 0.456 e. The van der Waals surface area contributed by atoms with Crippen molar-refractivity contribution in [2.45, 2.75) is 13.8 Å². The monoisotopic (exact) mass is 488 g/mol. The summed E-state index contributed by atoms with van der Waals surface area (Å²) in [6, 6.07) is 39.0. The van der Waals surface area contributed by atoms with Crippen LogP contribution in [0.15, 0.2) is 118 Å². The van der Waals surface area contributed by atoms with Gasteiger partial charge in [0.05, 0.1) is 0 Å². The fourth-order valence-electron chi connectivity index (χ4n) is 5.67. The molecule has 0 spiro atoms. The molecular weight excluding hydrogens is 464 g/mol. The minimum absolute atomic E-state index is 0.898. The third kappa shape index (κ3) is 3.27. The number of hydrogen-bond acceptors (Lipinski definition) is 2. The second-order valence-electron chi connectivity index (χ2n) is 10.4. The zero-order valence-electron chi connectivity index (χ0n) is 21.2. The third-order valence-electron chi connectivity index (χ3n) is 7.78. The van der Waals surface area contributed by atoms with E-state index in [-0.39, 0.29) is 0 Å². The highest BCUT2D eigenvalue weighted by molar-refractivity contribution is 6.20. The molecule has 2 nitrogen and oxygen atoms in total. The van der Waals surface area contributed by atoms with Crippen LogP contribution in [0.4, 0.5) is 0 Å². The Morgan fingerprint density at radius 1 is 0.368 bits per heavy atom. The van der Waals surface area contributed by atoms with E-state index in [4.69, 9.17) is 8.83 Å². The Bertz CT molecular complexity index is 2010. The number of furan rings is 2. The van der Waals surface area contributed by atoms with Gasteiger partial charge in [-0.1, -0.05) is 83.9 Å². The van der Waals surface area contributed by atoms with Crippen molar-refractivity contribution in [3.8, 4) is 22.6 Å². The molecule has 180 valence electrons. The van der Waals surface area contributed by atoms with Crippen LogP contribution in [0.1, 0.15) is 11.1 Å². The minimum Gasteiger partial charge on any atom is -0.456 e. The van der Waals surface area contributed by atoms with Crippen LogP contribution in [-0.4, -0.2) is 0 Å². The maximum absolute atomic E-state index is 6.33. The van der Waals surface area contributed by atoms with Crippen molar-refractivity contribution in [2.24, 2.45) is 0 Å². The number of fused-ring (bicyclic) bond motifs is 7. The summed E-state index contributed by atoms with van der Waals surface area (Å²) in [5.41, 5.74) is 6.49. The zero-order valence-corrected chi connectivity index (χ0v) is 21.2. The van der Waals surface area contributed by atoms with Crippen molar-refractivity contribution in [3.05, 3.63) is 120 Å². The molecule has 0 amide bonds. The Balaban J connectivity index is 1.31. The van der Waals surface area contributed by atoms with Crippen LogP contribution in [0.3, 0.4) is 0 Å². The highest BCUT2D eigenvalue weighted by atomic mass is 16.3. The summed E-state index contributed by atoms with van der Waals surface area (Å²) in [6.45, 7) is 4.20. The first-order chi connectivity index (χ1) is 18.6. The SMILES string of the molecule is Cc1ccc(-c2cc3cc4ccc5c6cc7oc(-c8ccc(C)cc8)cc7cc6ccc5c4cc3o2)cc1. The van der Waals surface area contributed by atoms with Gasteiger partial charge in [0.2, 0.25) is 0 Å². The fraction of sp³-hybridized carbons (Fsp3) is 0.0556. The second-order valence-corrected chi connectivity index (χ2v) is 10.4. The van der Waals surface area contributed by atoms with Crippen LogP contribution in [0.5, 0.6) is 0 Å². The molecule has 0 unspecified atom stereocenters. The van der Waals surface area contributed by atoms with Crippen molar-refractivity contribution in [2.75, 3.05) is 0 Å². The fourth-order valence-corrected chi connectivity index (χ4v) is 5.67. The third-order valence-corrected chi connectivity index (χ3v) is 7.78. The predicted molar refractivity (Wildman–Crippen MR) is 159 cm³/mol. The number of rotatable bonds is 2. The van der Waals surface area contributed by atoms with Crippen LogP contribution in [0, 0.1) is 13.8 Å². The van der Waals surface area contributed by atoms with Crippen LogP contribution < -0.4 is 0 Å². The summed E-state index contributed by atoms with van der Waals surface area (Å²) in [7, 11) is 0. The normalized spacial score (nSPS) is 11.9. The maximum atomic E-state index is 6.33. The molecule has 0 saturated heterocycles. The molecular formula is C36H24O2. The summed E-state index contributed by atoms with van der Waals surface area (Å²) >= 11 is 0. The minimum atomic E-state index is 0.898. The number of benzene rings is 6. The highest BCUT2D eigenvalue weighted by Crippen LogP contribution is 2.38. The van der Waals surface area contributed by atoms with Gasteiger partial charge in [0, 0.05) is 21.9 Å². The molecule has 0 fully saturated rings. The Labute approximate surface area is 219 Å². The van der Waals surface area contributed by atoms with E-state index in [0.29, 0.717) is 0 Å². The van der Waals surface area contributed by atoms with Gasteiger partial charge in [-0.05, 0) is 82.6 Å². The van der Waals surface area contributed by atoms with Gasteiger partial charge in [-0.2, -0.15) is 0 Å².